The molecule has 0 saturated carbocycles. The van der Waals surface area contributed by atoms with Gasteiger partial charge in [0, 0.05) is 10.7 Å². The molecule has 1 heterocycles. The van der Waals surface area contributed by atoms with Crippen LogP contribution in [0.1, 0.15) is 24.3 Å². The molecule has 1 aromatic carbocycles. The van der Waals surface area contributed by atoms with Gasteiger partial charge in [-0.15, -0.1) is 0 Å². The first kappa shape index (κ1) is 13.1. The monoisotopic (exact) mass is 307 g/mol. The minimum atomic E-state index is -0.740. The fourth-order valence-corrected chi connectivity index (χ4v) is 2.14. The van der Waals surface area contributed by atoms with E-state index in [2.05, 4.69) is 20.9 Å². The number of aliphatic hydroxyl groups excluding tert-OH is 1. The molecule has 1 atom stereocenters. The Kier molecular flexibility index (Phi) is 4.33. The van der Waals surface area contributed by atoms with Gasteiger partial charge in [0.2, 0.25) is 0 Å². The molecule has 4 heteroatoms. The normalized spacial score (nSPS) is 12.2. The van der Waals surface area contributed by atoms with Gasteiger partial charge >= 0.3 is 0 Å². The molecule has 18 heavy (non-hydrogen) atoms. The Labute approximate surface area is 115 Å². The van der Waals surface area contributed by atoms with Crippen LogP contribution in [0.3, 0.4) is 0 Å². The van der Waals surface area contributed by atoms with Crippen LogP contribution in [0.4, 0.5) is 0 Å². The summed E-state index contributed by atoms with van der Waals surface area (Å²) >= 11 is 3.39. The summed E-state index contributed by atoms with van der Waals surface area (Å²) in [5, 5.41) is 10.3. The van der Waals surface area contributed by atoms with Crippen molar-refractivity contribution in [1.29, 1.82) is 0 Å². The van der Waals surface area contributed by atoms with Crippen LogP contribution in [0.25, 0.3) is 0 Å². The fraction of sp³-hybridized carbons (Fsp3) is 0.214. The number of nitrogens with zero attached hydrogens (tertiary/aromatic N) is 1. The summed E-state index contributed by atoms with van der Waals surface area (Å²) in [5.74, 6) is 0.800. The second-order valence-electron chi connectivity index (χ2n) is 3.78. The number of rotatable bonds is 4. The predicted molar refractivity (Wildman–Crippen MR) is 73.6 cm³/mol. The number of ether oxygens (including phenoxy) is 1. The van der Waals surface area contributed by atoms with E-state index in [9.17, 15) is 5.11 Å². The van der Waals surface area contributed by atoms with Crippen molar-refractivity contribution in [2.24, 2.45) is 0 Å². The maximum Gasteiger partial charge on any atom is 0.122 e. The highest BCUT2D eigenvalue weighted by atomic mass is 79.9. The van der Waals surface area contributed by atoms with Crippen LogP contribution in [-0.2, 0) is 0 Å². The Bertz CT molecular complexity index is 513. The van der Waals surface area contributed by atoms with Crippen molar-refractivity contribution in [2.75, 3.05) is 6.61 Å². The first-order chi connectivity index (χ1) is 8.72. The fourth-order valence-electron chi connectivity index (χ4n) is 1.67. The van der Waals surface area contributed by atoms with E-state index < -0.39 is 6.10 Å². The third-order valence-corrected chi connectivity index (χ3v) is 3.22. The Balaban J connectivity index is 2.23. The molecule has 3 nitrogen and oxygen atoms in total. The zero-order valence-electron chi connectivity index (χ0n) is 10.0. The van der Waals surface area contributed by atoms with Gasteiger partial charge < -0.3 is 9.84 Å². The highest BCUT2D eigenvalue weighted by molar-refractivity contribution is 9.10. The molecule has 0 radical (unpaired) electrons. The van der Waals surface area contributed by atoms with Crippen molar-refractivity contribution in [3.8, 4) is 5.75 Å². The van der Waals surface area contributed by atoms with E-state index in [-0.39, 0.29) is 0 Å². The molecule has 0 aliphatic rings. The van der Waals surface area contributed by atoms with Crippen LogP contribution >= 0.6 is 15.9 Å². The topological polar surface area (TPSA) is 42.4 Å². The molecule has 1 aromatic heterocycles. The second-order valence-corrected chi connectivity index (χ2v) is 4.63. The molecule has 0 spiro atoms. The highest BCUT2D eigenvalue weighted by Crippen LogP contribution is 2.27. The van der Waals surface area contributed by atoms with Crippen molar-refractivity contribution < 1.29 is 9.84 Å². The standard InChI is InChI=1S/C14H14BrNO2/c1-2-18-11-7-5-10(6-8-11)14(17)13-12(15)4-3-9-16-13/h3-9,14,17H,2H2,1H3. The number of benzene rings is 1. The predicted octanol–water partition coefficient (Wildman–Crippen LogP) is 3.32. The summed E-state index contributed by atoms with van der Waals surface area (Å²) in [6.45, 7) is 2.57. The first-order valence-corrected chi connectivity index (χ1v) is 6.53. The number of aromatic nitrogens is 1. The van der Waals surface area contributed by atoms with Crippen LogP contribution in [0, 0.1) is 0 Å². The molecule has 2 rings (SSSR count). The summed E-state index contributed by atoms with van der Waals surface area (Å²) < 4.78 is 6.16. The summed E-state index contributed by atoms with van der Waals surface area (Å²) in [4.78, 5) is 4.19. The van der Waals surface area contributed by atoms with E-state index in [1.165, 1.54) is 0 Å². The average molecular weight is 308 g/mol. The molecule has 2 aromatic rings. The van der Waals surface area contributed by atoms with Gasteiger partial charge in [-0.2, -0.15) is 0 Å². The zero-order chi connectivity index (χ0) is 13.0. The van der Waals surface area contributed by atoms with Crippen LogP contribution in [0.5, 0.6) is 5.75 Å². The smallest absolute Gasteiger partial charge is 0.122 e. The van der Waals surface area contributed by atoms with E-state index >= 15 is 0 Å². The molecule has 0 saturated heterocycles. The Morgan fingerprint density at radius 2 is 2.00 bits per heavy atom. The van der Waals surface area contributed by atoms with Gasteiger partial charge in [-0.1, -0.05) is 12.1 Å². The maximum absolute atomic E-state index is 10.3. The third-order valence-electron chi connectivity index (χ3n) is 2.55. The van der Waals surface area contributed by atoms with Crippen LogP contribution in [0.2, 0.25) is 0 Å². The number of hydrogen-bond donors (Lipinski definition) is 1. The first-order valence-electron chi connectivity index (χ1n) is 5.73. The largest absolute Gasteiger partial charge is 0.494 e. The molecule has 1 N–H and O–H groups in total. The lowest BCUT2D eigenvalue weighted by Gasteiger charge is -2.12. The van der Waals surface area contributed by atoms with Crippen molar-refractivity contribution in [2.45, 2.75) is 13.0 Å². The minimum absolute atomic E-state index is 0.613. The zero-order valence-corrected chi connectivity index (χ0v) is 11.6. The summed E-state index contributed by atoms with van der Waals surface area (Å²) in [6, 6.07) is 11.1. The molecular formula is C14H14BrNO2. The van der Waals surface area contributed by atoms with E-state index in [4.69, 9.17) is 4.74 Å². The SMILES string of the molecule is CCOc1ccc(C(O)c2ncccc2Br)cc1. The van der Waals surface area contributed by atoms with Gasteiger partial charge in [-0.3, -0.25) is 4.98 Å². The van der Waals surface area contributed by atoms with Crippen LogP contribution in [-0.4, -0.2) is 16.7 Å². The van der Waals surface area contributed by atoms with Crippen molar-refractivity contribution in [1.82, 2.24) is 4.98 Å². The Hall–Kier alpha value is -1.39. The van der Waals surface area contributed by atoms with Crippen molar-refractivity contribution in [3.05, 3.63) is 58.3 Å². The quantitative estimate of drug-likeness (QED) is 0.942. The van der Waals surface area contributed by atoms with Crippen LogP contribution < -0.4 is 4.74 Å². The average Bonchev–Trinajstić information content (AvgIpc) is 2.40. The summed E-state index contributed by atoms with van der Waals surface area (Å²) in [6.07, 6.45) is 0.925. The molecular weight excluding hydrogens is 294 g/mol. The number of pyridine rings is 1. The van der Waals surface area contributed by atoms with E-state index in [0.717, 1.165) is 15.8 Å². The molecule has 0 aliphatic heterocycles. The van der Waals surface area contributed by atoms with Gasteiger partial charge in [0.25, 0.3) is 0 Å². The molecule has 0 bridgehead atoms. The Morgan fingerprint density at radius 1 is 1.28 bits per heavy atom. The maximum atomic E-state index is 10.3. The van der Waals surface area contributed by atoms with Crippen molar-refractivity contribution in [3.63, 3.8) is 0 Å². The van der Waals surface area contributed by atoms with Gasteiger partial charge in [0.15, 0.2) is 0 Å². The third kappa shape index (κ3) is 2.89. The lowest BCUT2D eigenvalue weighted by atomic mass is 10.1. The summed E-state index contributed by atoms with van der Waals surface area (Å²) in [7, 11) is 0. The molecule has 0 amide bonds. The van der Waals surface area contributed by atoms with Gasteiger partial charge in [-0.25, -0.2) is 0 Å². The van der Waals surface area contributed by atoms with Crippen LogP contribution in [0.15, 0.2) is 47.1 Å². The van der Waals surface area contributed by atoms with E-state index in [1.807, 2.05) is 43.3 Å². The Morgan fingerprint density at radius 3 is 2.61 bits per heavy atom. The second kappa shape index (κ2) is 5.98. The molecule has 1 unspecified atom stereocenters. The van der Waals surface area contributed by atoms with Gasteiger partial charge in [0.05, 0.1) is 12.3 Å². The number of hydrogen-bond acceptors (Lipinski definition) is 3. The van der Waals surface area contributed by atoms with E-state index in [0.29, 0.717) is 12.3 Å². The highest BCUT2D eigenvalue weighted by Gasteiger charge is 2.14. The van der Waals surface area contributed by atoms with Gasteiger partial charge in [0.1, 0.15) is 11.9 Å². The molecule has 0 aliphatic carbocycles. The molecule has 94 valence electrons. The van der Waals surface area contributed by atoms with Gasteiger partial charge in [-0.05, 0) is 52.7 Å². The lowest BCUT2D eigenvalue weighted by molar-refractivity contribution is 0.214. The minimum Gasteiger partial charge on any atom is -0.494 e. The lowest BCUT2D eigenvalue weighted by Crippen LogP contribution is -2.03. The number of aliphatic hydroxyl groups is 1. The molecule has 0 fully saturated rings. The van der Waals surface area contributed by atoms with E-state index in [1.54, 1.807) is 6.20 Å². The number of halogens is 1. The summed E-state index contributed by atoms with van der Waals surface area (Å²) in [5.41, 5.74) is 1.40. The van der Waals surface area contributed by atoms with Crippen molar-refractivity contribution >= 4 is 15.9 Å².